The zero-order chi connectivity index (χ0) is 27.4. The van der Waals surface area contributed by atoms with Crippen LogP contribution in [0.2, 0.25) is 0 Å². The second-order valence-corrected chi connectivity index (χ2v) is 10.6. The molecule has 0 radical (unpaired) electrons. The van der Waals surface area contributed by atoms with Crippen LogP contribution in [-0.4, -0.2) is 28.3 Å². The molecule has 0 spiro atoms. The van der Waals surface area contributed by atoms with Crippen molar-refractivity contribution in [3.05, 3.63) is 58.4 Å². The van der Waals surface area contributed by atoms with Crippen LogP contribution in [0.1, 0.15) is 88.4 Å². The molecule has 0 amide bonds. The van der Waals surface area contributed by atoms with E-state index in [1.54, 1.807) is 19.1 Å². The maximum Gasteiger partial charge on any atom is 0.221 e. The Hall–Kier alpha value is -2.86. The molecule has 196 valence electrons. The minimum absolute atomic E-state index is 0.0147. The first kappa shape index (κ1) is 29.4. The molecule has 6 heteroatoms. The van der Waals surface area contributed by atoms with Gasteiger partial charge in [-0.3, -0.25) is 15.6 Å². The Labute approximate surface area is 215 Å². The quantitative estimate of drug-likeness (QED) is 0.212. The highest BCUT2D eigenvalue weighted by atomic mass is 19.1. The van der Waals surface area contributed by atoms with Crippen LogP contribution in [0.15, 0.2) is 30.3 Å². The normalized spacial score (nSPS) is 14.1. The van der Waals surface area contributed by atoms with Crippen molar-refractivity contribution < 1.29 is 19.0 Å². The molecule has 0 aromatic heterocycles. The van der Waals surface area contributed by atoms with Crippen molar-refractivity contribution in [2.24, 2.45) is 17.8 Å². The lowest BCUT2D eigenvalue weighted by molar-refractivity contribution is 0.0155. The zero-order valence-electron chi connectivity index (χ0n) is 22.9. The molecule has 5 nitrogen and oxygen atoms in total. The third kappa shape index (κ3) is 7.33. The number of carbonyl (C=O) groups is 1. The fourth-order valence-corrected chi connectivity index (χ4v) is 4.21. The summed E-state index contributed by atoms with van der Waals surface area (Å²) in [5.41, 5.74) is 2.81. The first-order valence-corrected chi connectivity index (χ1v) is 12.7. The average Bonchev–Trinajstić information content (AvgIpc) is 3.63. The van der Waals surface area contributed by atoms with Crippen LogP contribution in [0.25, 0.3) is 11.1 Å². The van der Waals surface area contributed by atoms with Crippen molar-refractivity contribution in [1.82, 2.24) is 0 Å². The van der Waals surface area contributed by atoms with E-state index in [4.69, 9.17) is 15.6 Å². The maximum absolute atomic E-state index is 15.0. The number of ether oxygens (including phenoxy) is 1. The highest BCUT2D eigenvalue weighted by molar-refractivity contribution is 6.05. The van der Waals surface area contributed by atoms with Gasteiger partial charge in [0.2, 0.25) is 5.90 Å². The molecule has 1 fully saturated rings. The molecule has 1 unspecified atom stereocenters. The van der Waals surface area contributed by atoms with Crippen LogP contribution in [0.3, 0.4) is 0 Å². The maximum atomic E-state index is 15.0. The van der Waals surface area contributed by atoms with Gasteiger partial charge in [-0.15, -0.1) is 0 Å². The van der Waals surface area contributed by atoms with Gasteiger partial charge >= 0.3 is 0 Å². The largest absolute Gasteiger partial charge is 0.426 e. The molecule has 3 N–H and O–H groups in total. The first-order chi connectivity index (χ1) is 16.7. The van der Waals surface area contributed by atoms with Gasteiger partial charge in [-0.1, -0.05) is 45.9 Å². The summed E-state index contributed by atoms with van der Waals surface area (Å²) in [7, 11) is 0. The minimum Gasteiger partial charge on any atom is -0.426 e. The number of ketones is 1. The molecule has 1 aliphatic carbocycles. The van der Waals surface area contributed by atoms with Gasteiger partial charge in [-0.25, -0.2) is 4.39 Å². The van der Waals surface area contributed by atoms with E-state index in [-0.39, 0.29) is 29.1 Å². The monoisotopic (exact) mass is 496 g/mol. The molecule has 36 heavy (non-hydrogen) atoms. The summed E-state index contributed by atoms with van der Waals surface area (Å²) in [6, 6.07) is 8.36. The van der Waals surface area contributed by atoms with Crippen LogP contribution in [0, 0.1) is 41.3 Å². The molecule has 1 saturated carbocycles. The Morgan fingerprint density at radius 2 is 1.78 bits per heavy atom. The average molecular weight is 497 g/mol. The number of carbonyl (C=O) groups excluding carboxylic acids is 1. The van der Waals surface area contributed by atoms with Crippen LogP contribution in [0.4, 0.5) is 4.39 Å². The Kier molecular flexibility index (Phi) is 9.72. The Morgan fingerprint density at radius 3 is 2.22 bits per heavy atom. The van der Waals surface area contributed by atoms with Crippen LogP contribution >= 0.6 is 0 Å². The predicted molar refractivity (Wildman–Crippen MR) is 145 cm³/mol. The van der Waals surface area contributed by atoms with E-state index in [9.17, 15) is 14.3 Å². The van der Waals surface area contributed by atoms with Crippen molar-refractivity contribution in [3.63, 3.8) is 0 Å². The second-order valence-electron chi connectivity index (χ2n) is 10.6. The van der Waals surface area contributed by atoms with Crippen LogP contribution < -0.4 is 0 Å². The molecular formula is C30H41FN2O3. The fraction of sp³-hybridized carbons (Fsp3) is 0.500. The van der Waals surface area contributed by atoms with Gasteiger partial charge in [0.25, 0.3) is 0 Å². The number of nitrogens with one attached hydrogen (secondary N) is 2. The lowest BCUT2D eigenvalue weighted by atomic mass is 9.87. The molecule has 0 bridgehead atoms. The van der Waals surface area contributed by atoms with E-state index >= 15 is 0 Å². The molecule has 3 rings (SSSR count). The number of halogens is 1. The molecule has 2 aromatic carbocycles. The Balaban J connectivity index is 0.000000425. The fourth-order valence-electron chi connectivity index (χ4n) is 4.21. The molecule has 0 saturated heterocycles. The third-order valence-electron chi connectivity index (χ3n) is 6.85. The van der Waals surface area contributed by atoms with E-state index in [1.807, 2.05) is 46.8 Å². The first-order valence-electron chi connectivity index (χ1n) is 12.7. The highest BCUT2D eigenvalue weighted by Gasteiger charge is 2.36. The number of Topliss-reactive ketones (excluding diaryl/α,β-unsaturated/α-hetero) is 1. The van der Waals surface area contributed by atoms with Gasteiger partial charge in [-0.05, 0) is 80.7 Å². The summed E-state index contributed by atoms with van der Waals surface area (Å²) >= 11 is 0. The lowest BCUT2D eigenvalue weighted by Crippen LogP contribution is -2.29. The van der Waals surface area contributed by atoms with Gasteiger partial charge in [0.1, 0.15) is 5.82 Å². The van der Waals surface area contributed by atoms with Gasteiger partial charge in [0.15, 0.2) is 11.7 Å². The molecule has 2 aromatic rings. The minimum atomic E-state index is -0.530. The van der Waals surface area contributed by atoms with Gasteiger partial charge < -0.3 is 9.84 Å². The van der Waals surface area contributed by atoms with Gasteiger partial charge in [0.05, 0.1) is 5.60 Å². The molecule has 1 atom stereocenters. The van der Waals surface area contributed by atoms with E-state index in [1.165, 1.54) is 25.8 Å². The van der Waals surface area contributed by atoms with Crippen molar-refractivity contribution >= 4 is 17.6 Å². The Bertz CT molecular complexity index is 1130. The Morgan fingerprint density at radius 1 is 1.17 bits per heavy atom. The molecule has 0 aliphatic heterocycles. The number of aryl methyl sites for hydroxylation is 2. The summed E-state index contributed by atoms with van der Waals surface area (Å²) in [4.78, 5) is 12.8. The SMILES string of the molecule is CC(C1CC1)C(C)(C)O.CCc1cccc(-c2cc(C)c(C(=N)OC(C)=N)cc2F)c1C(=O)C(C)C. The van der Waals surface area contributed by atoms with Gasteiger partial charge in [0, 0.05) is 29.5 Å². The number of aliphatic hydroxyl groups is 1. The lowest BCUT2D eigenvalue weighted by Gasteiger charge is -2.25. The van der Waals surface area contributed by atoms with Crippen molar-refractivity contribution in [1.29, 1.82) is 10.8 Å². The number of hydrogen-bond acceptors (Lipinski definition) is 5. The molecular weight excluding hydrogens is 455 g/mol. The van der Waals surface area contributed by atoms with Crippen molar-refractivity contribution in [2.75, 3.05) is 0 Å². The smallest absolute Gasteiger partial charge is 0.221 e. The van der Waals surface area contributed by atoms with Crippen molar-refractivity contribution in [3.8, 4) is 11.1 Å². The predicted octanol–water partition coefficient (Wildman–Crippen LogP) is 7.34. The standard InChI is InChI=1S/C22H25FN2O2.C8H16O/c1-6-15-8-7-9-16(20(15)21(26)12(2)3)18-10-13(4)17(11-19(18)23)22(25)27-14(5)24;1-6(7-4-5-7)8(2,3)9/h7-12,24-25H,6H2,1-5H3;6-7,9H,4-5H2,1-3H3. The topological polar surface area (TPSA) is 94.2 Å². The third-order valence-corrected chi connectivity index (χ3v) is 6.85. The van der Waals surface area contributed by atoms with E-state index in [2.05, 4.69) is 6.92 Å². The number of rotatable bonds is 7. The summed E-state index contributed by atoms with van der Waals surface area (Å²) < 4.78 is 20.0. The molecule has 0 heterocycles. The number of benzene rings is 2. The summed E-state index contributed by atoms with van der Waals surface area (Å²) in [5, 5.41) is 24.8. The van der Waals surface area contributed by atoms with Gasteiger partial charge in [-0.2, -0.15) is 0 Å². The number of hydrogen-bond donors (Lipinski definition) is 3. The van der Waals surface area contributed by atoms with Crippen molar-refractivity contribution in [2.45, 2.75) is 80.3 Å². The highest BCUT2D eigenvalue weighted by Crippen LogP contribution is 2.41. The van der Waals surface area contributed by atoms with Crippen LogP contribution in [-0.2, 0) is 11.2 Å². The summed E-state index contributed by atoms with van der Waals surface area (Å²) in [5.74, 6) is 0.145. The van der Waals surface area contributed by atoms with E-state index < -0.39 is 11.4 Å². The van der Waals surface area contributed by atoms with Crippen LogP contribution in [0.5, 0.6) is 0 Å². The second kappa shape index (κ2) is 11.9. The van der Waals surface area contributed by atoms with E-state index in [0.29, 0.717) is 34.6 Å². The molecule has 1 aliphatic rings. The summed E-state index contributed by atoms with van der Waals surface area (Å²) in [6.45, 7) is 14.7. The zero-order valence-corrected chi connectivity index (χ0v) is 22.9. The summed E-state index contributed by atoms with van der Waals surface area (Å²) in [6.07, 6.45) is 3.33. The van der Waals surface area contributed by atoms with E-state index in [0.717, 1.165) is 11.5 Å².